The summed E-state index contributed by atoms with van der Waals surface area (Å²) in [6, 6.07) is 9.70. The smallest absolute Gasteiger partial charge is 0 e. The molecule has 2 N–H and O–H groups in total. The third kappa shape index (κ3) is 7.46. The van der Waals surface area contributed by atoms with Crippen LogP contribution in [0.15, 0.2) is 63.4 Å². The first-order chi connectivity index (χ1) is 24.6. The Bertz CT molecular complexity index is 1700. The fourth-order valence-corrected chi connectivity index (χ4v) is 21.7. The molecule has 0 spiro atoms. The average Bonchev–Trinajstić information content (AvgIpc) is 3.65. The SMILES string of the molecule is Cc1cc(C)c(C2=C(Cl)C=CC(C(Cl)=C3CCCCC3[PH](c3c(C)cc(C)cc3C)(C3CCCCC3)C3CCCCC3)C2=C2NCCN2)c(C)c1.[Ru]. The molecule has 2 unspecified atom stereocenters. The van der Waals surface area contributed by atoms with E-state index in [1.165, 1.54) is 117 Å². The molecule has 1 aliphatic heterocycles. The number of allylic oxidation sites excluding steroid dienone is 7. The Balaban J connectivity index is 0.00000464. The standard InChI is InChI=1S/C46H63Cl2N2P.Ru/c1-29-25-31(3)41(32(4)26-29)43-39(47)22-21-38(42(43)46-49-23-24-50-46)44(48)37-19-13-14-20-40(37)51(35-15-9-7-10-16-35,36-17-11-8-12-18-36)45-33(5)27-30(2)28-34(45)6;/h21-22,25-28,35-36,38,40,49-51H,7-20,23-24H2,1-6H3;. The first kappa shape index (κ1) is 40.3. The van der Waals surface area contributed by atoms with E-state index in [1.807, 2.05) is 5.30 Å². The van der Waals surface area contributed by atoms with Gasteiger partial charge in [0.05, 0.1) is 0 Å². The number of aryl methyl sites for hydroxylation is 6. The van der Waals surface area contributed by atoms with E-state index in [1.54, 1.807) is 16.7 Å². The summed E-state index contributed by atoms with van der Waals surface area (Å²) in [5, 5.41) is 11.2. The van der Waals surface area contributed by atoms with Crippen LogP contribution < -0.4 is 15.9 Å². The summed E-state index contributed by atoms with van der Waals surface area (Å²) in [6.07, 6.45) is 23.6. The monoisotopic (exact) mass is 846 g/mol. The van der Waals surface area contributed by atoms with Gasteiger partial charge in [-0.3, -0.25) is 0 Å². The van der Waals surface area contributed by atoms with Gasteiger partial charge in [-0.25, -0.2) is 0 Å². The van der Waals surface area contributed by atoms with Gasteiger partial charge in [0.15, 0.2) is 0 Å². The predicted octanol–water partition coefficient (Wildman–Crippen LogP) is 12.3. The van der Waals surface area contributed by atoms with Crippen LogP contribution in [-0.2, 0) is 19.5 Å². The summed E-state index contributed by atoms with van der Waals surface area (Å²) in [7, 11) is -2.19. The maximum absolute atomic E-state index is 8.18. The van der Waals surface area contributed by atoms with Crippen molar-refractivity contribution in [1.29, 1.82) is 0 Å². The van der Waals surface area contributed by atoms with Crippen LogP contribution in [0.4, 0.5) is 0 Å². The number of hydrogen-bond acceptors (Lipinski definition) is 2. The van der Waals surface area contributed by atoms with Crippen molar-refractivity contribution in [3.63, 3.8) is 0 Å². The molecule has 4 aliphatic carbocycles. The van der Waals surface area contributed by atoms with Crippen molar-refractivity contribution in [1.82, 2.24) is 10.6 Å². The number of halogens is 2. The van der Waals surface area contributed by atoms with Crippen molar-refractivity contribution >= 4 is 41.3 Å². The van der Waals surface area contributed by atoms with Crippen LogP contribution in [0.3, 0.4) is 0 Å². The van der Waals surface area contributed by atoms with E-state index in [9.17, 15) is 0 Å². The van der Waals surface area contributed by atoms with Gasteiger partial charge in [-0.15, -0.1) is 0 Å². The van der Waals surface area contributed by atoms with Gasteiger partial charge in [0.2, 0.25) is 0 Å². The third-order valence-corrected chi connectivity index (χ3v) is 21.7. The second-order valence-corrected chi connectivity index (χ2v) is 22.5. The summed E-state index contributed by atoms with van der Waals surface area (Å²) in [5.41, 5.74) is 15.9. The van der Waals surface area contributed by atoms with Crippen molar-refractivity contribution < 1.29 is 19.5 Å². The minimum absolute atomic E-state index is 0. The number of benzene rings is 2. The van der Waals surface area contributed by atoms with Gasteiger partial charge < -0.3 is 0 Å². The average molecular weight is 847 g/mol. The summed E-state index contributed by atoms with van der Waals surface area (Å²) in [5.74, 6) is 1.08. The minimum atomic E-state index is -2.19. The molecule has 0 bridgehead atoms. The molecule has 7 rings (SSSR count). The second kappa shape index (κ2) is 17.2. The van der Waals surface area contributed by atoms with E-state index in [0.29, 0.717) is 5.66 Å². The molecule has 2 aromatic carbocycles. The fraction of sp³-hybridized carbons (Fsp3) is 0.565. The van der Waals surface area contributed by atoms with Crippen LogP contribution in [0, 0.1) is 47.5 Å². The molecule has 1 heterocycles. The molecule has 52 heavy (non-hydrogen) atoms. The quantitative estimate of drug-likeness (QED) is 0.224. The molecule has 2 nitrogen and oxygen atoms in total. The zero-order valence-corrected chi connectivity index (χ0v) is 36.9. The second-order valence-electron chi connectivity index (χ2n) is 17.0. The Hall–Kier alpha value is -1.37. The molecule has 6 heteroatoms. The van der Waals surface area contributed by atoms with E-state index in [2.05, 4.69) is 88.6 Å². The molecule has 2 aromatic rings. The van der Waals surface area contributed by atoms with Crippen molar-refractivity contribution in [3.8, 4) is 0 Å². The zero-order valence-electron chi connectivity index (χ0n) is 32.7. The summed E-state index contributed by atoms with van der Waals surface area (Å²) in [6.45, 7) is 15.8. The van der Waals surface area contributed by atoms with E-state index >= 15 is 0 Å². The van der Waals surface area contributed by atoms with Gasteiger partial charge in [0.1, 0.15) is 0 Å². The fourth-order valence-electron chi connectivity index (χ4n) is 12.1. The van der Waals surface area contributed by atoms with Gasteiger partial charge in [0, 0.05) is 19.5 Å². The maximum atomic E-state index is 8.18. The van der Waals surface area contributed by atoms with E-state index < -0.39 is 7.26 Å². The molecule has 4 fully saturated rings. The van der Waals surface area contributed by atoms with Crippen LogP contribution in [0.25, 0.3) is 5.57 Å². The van der Waals surface area contributed by atoms with Crippen molar-refractivity contribution in [2.75, 3.05) is 13.1 Å². The number of hydrogen-bond donors (Lipinski definition) is 2. The topological polar surface area (TPSA) is 24.1 Å². The number of rotatable bonds is 6. The number of nitrogens with one attached hydrogen (secondary N) is 2. The largest absolute Gasteiger partial charge is 0 e. The van der Waals surface area contributed by atoms with Gasteiger partial charge in [-0.2, -0.15) is 0 Å². The summed E-state index contributed by atoms with van der Waals surface area (Å²) >= 11 is 15.5. The van der Waals surface area contributed by atoms with Gasteiger partial charge >= 0.3 is 322 Å². The Morgan fingerprint density at radius 3 is 1.71 bits per heavy atom. The molecule has 5 aliphatic rings. The molecule has 284 valence electrons. The molecule has 2 atom stereocenters. The first-order valence-corrected chi connectivity index (χ1v) is 23.5. The third-order valence-electron chi connectivity index (χ3n) is 13.6. The van der Waals surface area contributed by atoms with Crippen LogP contribution in [-0.4, -0.2) is 30.1 Å². The van der Waals surface area contributed by atoms with Crippen LogP contribution in [0.1, 0.15) is 129 Å². The van der Waals surface area contributed by atoms with Crippen LogP contribution >= 0.6 is 30.5 Å². The van der Waals surface area contributed by atoms with Gasteiger partial charge in [-0.1, -0.05) is 0 Å². The zero-order chi connectivity index (χ0) is 35.9. The van der Waals surface area contributed by atoms with E-state index in [-0.39, 0.29) is 25.4 Å². The Labute approximate surface area is 339 Å². The Morgan fingerprint density at radius 1 is 0.673 bits per heavy atom. The Morgan fingerprint density at radius 2 is 1.17 bits per heavy atom. The van der Waals surface area contributed by atoms with Gasteiger partial charge in [0.25, 0.3) is 0 Å². The molecule has 0 radical (unpaired) electrons. The normalized spacial score (nSPS) is 24.8. The molecule has 1 saturated heterocycles. The molecule has 0 aromatic heterocycles. The molecule has 0 amide bonds. The molecular formula is C46H63Cl2N2PRu. The van der Waals surface area contributed by atoms with Crippen LogP contribution in [0.5, 0.6) is 0 Å². The van der Waals surface area contributed by atoms with E-state index in [0.717, 1.165) is 52.3 Å². The van der Waals surface area contributed by atoms with Crippen LogP contribution in [0.2, 0.25) is 0 Å². The van der Waals surface area contributed by atoms with Crippen molar-refractivity contribution in [3.05, 3.63) is 102 Å². The Kier molecular flexibility index (Phi) is 13.3. The predicted molar refractivity (Wildman–Crippen MR) is 227 cm³/mol. The van der Waals surface area contributed by atoms with E-state index in [4.69, 9.17) is 23.2 Å². The summed E-state index contributed by atoms with van der Waals surface area (Å²) in [4.78, 5) is 0. The van der Waals surface area contributed by atoms with Gasteiger partial charge in [-0.05, 0) is 0 Å². The minimum Gasteiger partial charge on any atom is 0 e. The molecular weight excluding hydrogens is 783 g/mol. The first-order valence-electron chi connectivity index (χ1n) is 20.5. The maximum Gasteiger partial charge on any atom is 0 e. The van der Waals surface area contributed by atoms with Crippen molar-refractivity contribution in [2.24, 2.45) is 5.92 Å². The molecule has 3 saturated carbocycles. The summed E-state index contributed by atoms with van der Waals surface area (Å²) < 4.78 is 0. The van der Waals surface area contributed by atoms with Crippen molar-refractivity contribution in [2.45, 2.75) is 148 Å².